The van der Waals surface area contributed by atoms with E-state index in [9.17, 15) is 9.59 Å². The van der Waals surface area contributed by atoms with Gasteiger partial charge in [0.1, 0.15) is 24.7 Å². The molecule has 244 valence electrons. The number of ether oxygens (including phenoxy) is 6. The molecule has 2 atom stereocenters. The van der Waals surface area contributed by atoms with E-state index in [0.29, 0.717) is 42.6 Å². The fourth-order valence-electron chi connectivity index (χ4n) is 4.67. The van der Waals surface area contributed by atoms with Crippen LogP contribution in [0.5, 0.6) is 11.5 Å². The lowest BCUT2D eigenvalue weighted by atomic mass is 10.0. The third-order valence-corrected chi connectivity index (χ3v) is 7.09. The smallest absolute Gasteiger partial charge is 0.306 e. The molecule has 8 nitrogen and oxygen atoms in total. The van der Waals surface area contributed by atoms with Crippen molar-refractivity contribution in [2.45, 2.75) is 64.6 Å². The van der Waals surface area contributed by atoms with Crippen molar-refractivity contribution in [2.24, 2.45) is 0 Å². The average molecular weight is 641 g/mol. The Labute approximate surface area is 271 Å². The molecule has 2 unspecified atom stereocenters. The third-order valence-electron chi connectivity index (χ3n) is 6.86. The summed E-state index contributed by atoms with van der Waals surface area (Å²) in [4.78, 5) is 24.9. The quantitative estimate of drug-likeness (QED) is 0.0472. The summed E-state index contributed by atoms with van der Waals surface area (Å²) < 4.78 is 35.5. The molecule has 3 aromatic carbocycles. The molecule has 0 fully saturated rings. The maximum absolute atomic E-state index is 12.5. The van der Waals surface area contributed by atoms with Crippen LogP contribution in [0, 0.1) is 0 Å². The summed E-state index contributed by atoms with van der Waals surface area (Å²) in [6.45, 7) is 12.5. The Morgan fingerprint density at radius 1 is 0.711 bits per heavy atom. The van der Waals surface area contributed by atoms with Crippen molar-refractivity contribution < 1.29 is 38.0 Å². The zero-order valence-electron chi connectivity index (χ0n) is 26.4. The topological polar surface area (TPSA) is 89.5 Å². The summed E-state index contributed by atoms with van der Waals surface area (Å²) in [7, 11) is 0. The first-order valence-corrected chi connectivity index (χ1v) is 15.9. The normalized spacial score (nSPS) is 12.4. The van der Waals surface area contributed by atoms with E-state index in [1.165, 1.54) is 0 Å². The molecule has 0 spiro atoms. The molecule has 0 aliphatic heterocycles. The molecule has 0 saturated carbocycles. The van der Waals surface area contributed by atoms with Crippen LogP contribution in [-0.4, -0.2) is 63.8 Å². The van der Waals surface area contributed by atoms with E-state index in [-0.39, 0.29) is 38.4 Å². The van der Waals surface area contributed by atoms with E-state index in [4.69, 9.17) is 40.0 Å². The second-order valence-electron chi connectivity index (χ2n) is 10.6. The van der Waals surface area contributed by atoms with Crippen molar-refractivity contribution in [1.82, 2.24) is 0 Å². The summed E-state index contributed by atoms with van der Waals surface area (Å²) >= 11 is 6.48. The standard InChI is InChI=1S/C36H45ClO8/c1-5-9-15-33(38)44-27(22-40-19-7-3)24-42-35-29-13-11-12-14-30(29)36(32-21-26(37)17-18-31(32)35)43-25-28(23-41-20-8-4)45-34(39)16-10-6-2/h7-8,11-14,17-18,21,27-28H,3-6,9-10,15-16,19-20,22-25H2,1-2H3. The minimum atomic E-state index is -0.628. The number of hydrogen-bond donors (Lipinski definition) is 0. The van der Waals surface area contributed by atoms with Gasteiger partial charge in [0.25, 0.3) is 0 Å². The maximum Gasteiger partial charge on any atom is 0.306 e. The summed E-state index contributed by atoms with van der Waals surface area (Å²) in [6, 6.07) is 13.2. The highest BCUT2D eigenvalue weighted by atomic mass is 35.5. The van der Waals surface area contributed by atoms with Gasteiger partial charge in [-0.15, -0.1) is 13.2 Å². The Morgan fingerprint density at radius 3 is 1.64 bits per heavy atom. The summed E-state index contributed by atoms with van der Waals surface area (Å²) in [5.74, 6) is 0.585. The largest absolute Gasteiger partial charge is 0.488 e. The van der Waals surface area contributed by atoms with Crippen LogP contribution >= 0.6 is 11.6 Å². The summed E-state index contributed by atoms with van der Waals surface area (Å²) in [5.41, 5.74) is 0. The number of halogens is 1. The fourth-order valence-corrected chi connectivity index (χ4v) is 4.84. The molecule has 0 bridgehead atoms. The Morgan fingerprint density at radius 2 is 1.18 bits per heavy atom. The highest BCUT2D eigenvalue weighted by molar-refractivity contribution is 6.31. The molecule has 0 radical (unpaired) electrons. The molecule has 0 aromatic heterocycles. The Bertz CT molecular complexity index is 1400. The molecule has 0 aliphatic carbocycles. The van der Waals surface area contributed by atoms with Crippen LogP contribution in [-0.2, 0) is 28.5 Å². The van der Waals surface area contributed by atoms with E-state index in [1.54, 1.807) is 18.2 Å². The molecule has 3 rings (SSSR count). The van der Waals surface area contributed by atoms with Gasteiger partial charge in [0.2, 0.25) is 0 Å². The van der Waals surface area contributed by atoms with Crippen LogP contribution in [0.3, 0.4) is 0 Å². The zero-order chi connectivity index (χ0) is 32.4. The van der Waals surface area contributed by atoms with Crippen LogP contribution in [0.4, 0.5) is 0 Å². The van der Waals surface area contributed by atoms with E-state index in [0.717, 1.165) is 47.2 Å². The van der Waals surface area contributed by atoms with Gasteiger partial charge in [-0.3, -0.25) is 9.59 Å². The van der Waals surface area contributed by atoms with Gasteiger partial charge in [-0.2, -0.15) is 0 Å². The van der Waals surface area contributed by atoms with E-state index < -0.39 is 12.2 Å². The highest BCUT2D eigenvalue weighted by Gasteiger charge is 2.22. The van der Waals surface area contributed by atoms with Crippen LogP contribution < -0.4 is 9.47 Å². The number of carbonyl (C=O) groups is 2. The number of carbonyl (C=O) groups excluding carboxylic acids is 2. The molecule has 0 N–H and O–H groups in total. The third kappa shape index (κ3) is 11.4. The van der Waals surface area contributed by atoms with Gasteiger partial charge in [-0.1, -0.05) is 74.7 Å². The number of fused-ring (bicyclic) bond motifs is 2. The van der Waals surface area contributed by atoms with Crippen LogP contribution in [0.25, 0.3) is 21.5 Å². The van der Waals surface area contributed by atoms with Crippen molar-refractivity contribution in [2.75, 3.05) is 39.6 Å². The lowest BCUT2D eigenvalue weighted by Gasteiger charge is -2.23. The van der Waals surface area contributed by atoms with Crippen LogP contribution in [0.15, 0.2) is 67.8 Å². The molecule has 45 heavy (non-hydrogen) atoms. The van der Waals surface area contributed by atoms with Gasteiger partial charge in [-0.05, 0) is 31.0 Å². The number of unbranched alkanes of at least 4 members (excludes halogenated alkanes) is 2. The average Bonchev–Trinajstić information content (AvgIpc) is 3.04. The van der Waals surface area contributed by atoms with Crippen molar-refractivity contribution >= 4 is 45.1 Å². The Balaban J connectivity index is 1.94. The zero-order valence-corrected chi connectivity index (χ0v) is 27.2. The molecule has 0 heterocycles. The minimum Gasteiger partial charge on any atom is -0.488 e. The van der Waals surface area contributed by atoms with Gasteiger partial charge in [0.15, 0.2) is 12.2 Å². The van der Waals surface area contributed by atoms with Crippen molar-refractivity contribution in [1.29, 1.82) is 0 Å². The maximum atomic E-state index is 12.5. The number of benzene rings is 3. The molecular weight excluding hydrogens is 596 g/mol. The summed E-state index contributed by atoms with van der Waals surface area (Å²) in [6.07, 6.45) is 5.96. The van der Waals surface area contributed by atoms with Crippen LogP contribution in [0.2, 0.25) is 5.02 Å². The fraction of sp³-hybridized carbons (Fsp3) is 0.444. The molecule has 0 aliphatic rings. The first-order valence-electron chi connectivity index (χ1n) is 15.6. The Hall–Kier alpha value is -3.59. The van der Waals surface area contributed by atoms with Gasteiger partial charge < -0.3 is 28.4 Å². The SMILES string of the molecule is C=CCOCC(COc1c2ccccc2c(OCC(COCC=C)OC(=O)CCCC)c2cc(Cl)ccc12)OC(=O)CCCC. The first-order chi connectivity index (χ1) is 21.9. The number of rotatable bonds is 22. The first kappa shape index (κ1) is 35.9. The number of hydrogen-bond acceptors (Lipinski definition) is 8. The second-order valence-corrected chi connectivity index (χ2v) is 11.0. The number of esters is 2. The lowest BCUT2D eigenvalue weighted by Crippen LogP contribution is -2.30. The van der Waals surface area contributed by atoms with Gasteiger partial charge >= 0.3 is 11.9 Å². The molecular formula is C36H45ClO8. The van der Waals surface area contributed by atoms with Crippen molar-refractivity contribution in [3.8, 4) is 11.5 Å². The van der Waals surface area contributed by atoms with Gasteiger partial charge in [0.05, 0.1) is 26.4 Å². The van der Waals surface area contributed by atoms with E-state index >= 15 is 0 Å². The lowest BCUT2D eigenvalue weighted by molar-refractivity contribution is -0.154. The van der Waals surface area contributed by atoms with Crippen molar-refractivity contribution in [3.63, 3.8) is 0 Å². The molecule has 3 aromatic rings. The van der Waals surface area contributed by atoms with Gasteiger partial charge in [-0.25, -0.2) is 0 Å². The minimum absolute atomic E-state index is 0.0667. The second kappa shape index (κ2) is 19.7. The van der Waals surface area contributed by atoms with E-state index in [2.05, 4.69) is 13.2 Å². The van der Waals surface area contributed by atoms with E-state index in [1.807, 2.05) is 50.2 Å². The molecule has 0 saturated heterocycles. The highest BCUT2D eigenvalue weighted by Crippen LogP contribution is 2.43. The monoisotopic (exact) mass is 640 g/mol. The predicted octanol–water partition coefficient (Wildman–Crippen LogP) is 8.01. The predicted molar refractivity (Wildman–Crippen MR) is 178 cm³/mol. The summed E-state index contributed by atoms with van der Waals surface area (Å²) in [5, 5.41) is 3.58. The van der Waals surface area contributed by atoms with Gasteiger partial charge in [0, 0.05) is 39.4 Å². The molecule has 9 heteroatoms. The van der Waals surface area contributed by atoms with Crippen LogP contribution in [0.1, 0.15) is 52.4 Å². The Kier molecular flexibility index (Phi) is 15.7. The molecule has 0 amide bonds. The van der Waals surface area contributed by atoms with Crippen molar-refractivity contribution in [3.05, 3.63) is 72.8 Å².